The molecule has 0 amide bonds. The number of hydroxylamine groups is 3. The highest BCUT2D eigenvalue weighted by Crippen LogP contribution is 2.52. The summed E-state index contributed by atoms with van der Waals surface area (Å²) in [6.45, 7) is 16.9. The van der Waals surface area contributed by atoms with E-state index in [1.165, 1.54) is 122 Å². The van der Waals surface area contributed by atoms with Gasteiger partial charge >= 0.3 is 7.12 Å². The Bertz CT molecular complexity index is 5880. The van der Waals surface area contributed by atoms with Gasteiger partial charge in [-0.25, -0.2) is 57.9 Å². The predicted molar refractivity (Wildman–Crippen MR) is 453 cm³/mol. The van der Waals surface area contributed by atoms with Gasteiger partial charge in [-0.15, -0.1) is 17.4 Å². The molecule has 0 saturated heterocycles. The molecule has 5 aliphatic heterocycles. The fourth-order valence-corrected chi connectivity index (χ4v) is 13.9. The molecule has 8 aromatic carbocycles. The van der Waals surface area contributed by atoms with Crippen molar-refractivity contribution in [3.63, 3.8) is 0 Å². The Morgan fingerprint density at radius 2 is 0.902 bits per heavy atom. The molecule has 17 rings (SSSR count). The molecule has 33 heteroatoms. The van der Waals surface area contributed by atoms with Crippen LogP contribution in [0.15, 0.2) is 269 Å². The lowest BCUT2D eigenvalue weighted by Gasteiger charge is -2.37. The van der Waals surface area contributed by atoms with Crippen molar-refractivity contribution >= 4 is 78.3 Å². The molecule has 5 atom stereocenters. The number of nitrogens with two attached hydrogens (primary N) is 1. The lowest BCUT2D eigenvalue weighted by molar-refractivity contribution is -0.191. The van der Waals surface area contributed by atoms with E-state index in [-0.39, 0.29) is 121 Å². The van der Waals surface area contributed by atoms with Crippen LogP contribution in [0.3, 0.4) is 0 Å². The zero-order chi connectivity index (χ0) is 86.7. The maximum atomic E-state index is 15.0. The second kappa shape index (κ2) is 41.8. The molecule has 122 heavy (non-hydrogen) atoms. The highest BCUT2D eigenvalue weighted by atomic mass is 79.9. The second-order valence-corrected chi connectivity index (χ2v) is 33.3. The van der Waals surface area contributed by atoms with Gasteiger partial charge in [0.1, 0.15) is 76.4 Å². The number of nitrogens with one attached hydrogen (secondary N) is 1. The Labute approximate surface area is 712 Å². The average Bonchev–Trinajstić information content (AvgIpc) is 1.48. The number of ketones is 2. The molecule has 0 fully saturated rings. The summed E-state index contributed by atoms with van der Waals surface area (Å²) in [5.41, 5.74) is 12.2. The fourth-order valence-electron chi connectivity index (χ4n) is 13.1. The molecule has 5 unspecified atom stereocenters. The topological polar surface area (TPSA) is 275 Å². The molecule has 0 radical (unpaired) electrons. The minimum absolute atomic E-state index is 0. The molecule has 6 N–H and O–H groups in total. The van der Waals surface area contributed by atoms with E-state index in [1.807, 2.05) is 121 Å². The number of aromatic nitrogens is 4. The molecular formula is C89H76BBrClF8N11O10Si. The fraction of sp³-hybridized carbons (Fsp3) is 0.157. The van der Waals surface area contributed by atoms with Gasteiger partial charge in [0.2, 0.25) is 35.5 Å². The Kier molecular flexibility index (Phi) is 31.3. The molecular weight excluding hydrogens is 1690 g/mol. The number of benzene rings is 8. The zero-order valence-electron chi connectivity index (χ0n) is 65.6. The number of carbonyl (C=O) groups excluding carboxylic acids is 2. The van der Waals surface area contributed by atoms with Gasteiger partial charge in [-0.3, -0.25) is 14.2 Å². The largest absolute Gasteiger partial charge is 0.493 e. The van der Waals surface area contributed by atoms with Gasteiger partial charge in [0.05, 0.1) is 39.1 Å². The number of guanidine groups is 1. The molecule has 9 heterocycles. The Balaban J connectivity index is 0.000000159. The maximum absolute atomic E-state index is 15.0. The van der Waals surface area contributed by atoms with E-state index in [1.54, 1.807) is 18.6 Å². The molecule has 5 aliphatic rings. The summed E-state index contributed by atoms with van der Waals surface area (Å²) < 4.78 is 140. The first-order chi connectivity index (χ1) is 58.1. The summed E-state index contributed by atoms with van der Waals surface area (Å²) in [6.07, 6.45) is 4.63. The highest BCUT2D eigenvalue weighted by molar-refractivity contribution is 9.10. The van der Waals surface area contributed by atoms with Crippen molar-refractivity contribution in [3.05, 3.63) is 357 Å². The van der Waals surface area contributed by atoms with Gasteiger partial charge in [-0.1, -0.05) is 127 Å². The van der Waals surface area contributed by atoms with E-state index < -0.39 is 80.3 Å². The van der Waals surface area contributed by atoms with Crippen LogP contribution in [0, 0.1) is 53.6 Å². The molecule has 0 aliphatic carbocycles. The van der Waals surface area contributed by atoms with E-state index in [4.69, 9.17) is 51.3 Å². The quantitative estimate of drug-likeness (QED) is 0.0224. The normalized spacial score (nSPS) is 16.9. The summed E-state index contributed by atoms with van der Waals surface area (Å²) in [5.74, 6) is -1.94. The lowest BCUT2D eigenvalue weighted by atomic mass is 9.81. The van der Waals surface area contributed by atoms with Crippen molar-refractivity contribution in [2.75, 3.05) is 14.1 Å². The highest BCUT2D eigenvalue weighted by Gasteiger charge is 2.50. The number of carbonyl (C=O) groups is 2. The van der Waals surface area contributed by atoms with Crippen LogP contribution < -0.4 is 35.6 Å². The summed E-state index contributed by atoms with van der Waals surface area (Å²) in [4.78, 5) is 52.3. The Hall–Kier alpha value is -12.9. The van der Waals surface area contributed by atoms with Crippen LogP contribution in [0.25, 0.3) is 38.3 Å². The summed E-state index contributed by atoms with van der Waals surface area (Å²) >= 11 is 3.08. The van der Waals surface area contributed by atoms with Crippen molar-refractivity contribution < 1.29 is 83.8 Å². The van der Waals surface area contributed by atoms with E-state index in [0.29, 0.717) is 41.0 Å². The van der Waals surface area contributed by atoms with Crippen molar-refractivity contribution in [1.82, 2.24) is 30.5 Å². The second-order valence-electron chi connectivity index (χ2n) is 27.9. The Morgan fingerprint density at radius 1 is 0.533 bits per heavy atom. The summed E-state index contributed by atoms with van der Waals surface area (Å²) in [7, 11) is 0.0854. The van der Waals surface area contributed by atoms with E-state index >= 15 is 4.39 Å². The zero-order valence-corrected chi connectivity index (χ0v) is 69.0. The minimum atomic E-state index is -1.78. The number of rotatable bonds is 9. The van der Waals surface area contributed by atoms with E-state index in [0.717, 1.165) is 28.3 Å². The number of hydrogen-bond donors (Lipinski definition) is 5. The van der Waals surface area contributed by atoms with Crippen LogP contribution in [0.4, 0.5) is 35.1 Å². The standard InChI is InChI=1S/C22H18F2N4O2.C21H13F2N3O.C20H13F2NO2.C15H10BrFO2.C5H5BFNO2.C5H11NSi.CH5NO.ClH/c1-28-21(25)27-22(30-28)12-19(13-6-3-2-4-7-13)29-18-11-17(23)15(10-16(18)22)14-8-5-9-26-20(14)24;1-24-26-18-12-19(13-6-3-2-4-7-13)27-20-11-17(22)15(10-16(18)20)14-8-5-9-25-21(14)23;21-16-10-19-15(9-14(16)13-7-4-8-23-20(13)22)17(24)11-18(25-19)12-5-2-1-3-6-12;16-11-6-10-13(18)8-14(9-4-2-1-3-5-9)19-15(10)7-12(11)17;7-5-4(6(9)10)2-1-3-8-5;1-5-6-7(2,3)4;1-2-3;/h2-11,19H,12H2,1H3,(H2,25,27);2-11,19H,12H2;1-10,18H,11H2;1-7,14H,8H2;1-3,9-10H;1H2,2-4H3;2-3H,1H3;1H/b;26-18-;;;;;;. The molecule has 21 nitrogen and oxygen atoms in total. The lowest BCUT2D eigenvalue weighted by Crippen LogP contribution is -2.36. The van der Waals surface area contributed by atoms with Crippen molar-refractivity contribution in [2.45, 2.75) is 75.5 Å². The number of Topliss-reactive ketones (excluding diaryl/α,β-unsaturated/α-hetero) is 2. The third kappa shape index (κ3) is 22.6. The maximum Gasteiger partial charge on any atom is 0.493 e. The molecule has 12 aromatic rings. The predicted octanol–water partition coefficient (Wildman–Crippen LogP) is 18.7. The van der Waals surface area contributed by atoms with Crippen LogP contribution in [0.5, 0.6) is 23.0 Å². The summed E-state index contributed by atoms with van der Waals surface area (Å²) in [6, 6.07) is 60.1. The van der Waals surface area contributed by atoms with Crippen molar-refractivity contribution in [3.8, 4) is 56.4 Å². The van der Waals surface area contributed by atoms with Crippen LogP contribution in [-0.4, -0.2) is 98.8 Å². The minimum Gasteiger partial charge on any atom is -0.485 e. The van der Waals surface area contributed by atoms with Gasteiger partial charge < -0.3 is 39.9 Å². The van der Waals surface area contributed by atoms with Crippen LogP contribution in [0.1, 0.15) is 104 Å². The summed E-state index contributed by atoms with van der Waals surface area (Å²) in [5, 5.41) is 29.5. The molecule has 1 spiro atoms. The monoisotopic (exact) mass is 1760 g/mol. The van der Waals surface area contributed by atoms with Crippen molar-refractivity contribution in [1.29, 1.82) is 0 Å². The molecule has 0 saturated carbocycles. The Morgan fingerprint density at radius 3 is 1.28 bits per heavy atom. The first-order valence-electron chi connectivity index (χ1n) is 37.1. The molecule has 624 valence electrons. The number of nitrogens with zero attached hydrogens (tertiary/aromatic N) is 9. The number of pyridine rings is 4. The van der Waals surface area contributed by atoms with Crippen molar-refractivity contribution in [2.24, 2.45) is 20.5 Å². The number of halogens is 10. The number of hydrogen-bond acceptors (Lipinski definition) is 20. The first-order valence-corrected chi connectivity index (χ1v) is 41.3. The van der Waals surface area contributed by atoms with Gasteiger partial charge in [0, 0.05) is 120 Å². The number of aliphatic imine (C=N–C) groups is 1. The molecule has 0 bridgehead atoms. The molecule has 4 aromatic heterocycles. The third-order valence-electron chi connectivity index (χ3n) is 18.6. The van der Waals surface area contributed by atoms with Gasteiger partial charge in [0.15, 0.2) is 19.8 Å². The number of ether oxygens (including phenoxy) is 4. The van der Waals surface area contributed by atoms with Gasteiger partial charge in [-0.05, 0) is 137 Å². The SMILES string of the molecule is C=C=N[Si](C)(C)C.CN1OC2(CC(c3ccccc3)Oc3cc(F)c(-c4cccnc4F)cc32)N=C1N.CNO.Cl.O=C1CC(c2ccccc2)Oc2cc(F)c(-c3cccnc3F)cc21.O=C1CC(c2ccccc2)Oc2cc(F)c(Br)cc21.OB(O)c1cccnc1F.[C-]#[N+]/N=C1/CC(c2ccccc2)Oc2cc(F)c(-c3cccnc3F)cc21. The van der Waals surface area contributed by atoms with Crippen LogP contribution in [-0.2, 0) is 10.6 Å². The average molecular weight is 1770 g/mol. The van der Waals surface area contributed by atoms with Gasteiger partial charge in [0.25, 0.3) is 0 Å². The number of fused-ring (bicyclic) bond motifs is 5. The van der Waals surface area contributed by atoms with Crippen LogP contribution >= 0.6 is 28.3 Å². The third-order valence-corrected chi connectivity index (χ3v) is 20.0. The van der Waals surface area contributed by atoms with Crippen LogP contribution in [0.2, 0.25) is 19.6 Å². The first kappa shape index (κ1) is 91.4. The van der Waals surface area contributed by atoms with Gasteiger partial charge in [-0.2, -0.15) is 24.1 Å². The smallest absolute Gasteiger partial charge is 0.485 e. The van der Waals surface area contributed by atoms with E-state index in [2.05, 4.69) is 87.7 Å². The van der Waals surface area contributed by atoms with E-state index in [9.17, 15) is 40.3 Å².